The Morgan fingerprint density at radius 2 is 1.71 bits per heavy atom. The summed E-state index contributed by atoms with van der Waals surface area (Å²) in [5.74, 6) is 0.697. The van der Waals surface area contributed by atoms with Crippen molar-refractivity contribution in [3.8, 4) is 5.75 Å². The van der Waals surface area contributed by atoms with E-state index in [0.29, 0.717) is 31.9 Å². The van der Waals surface area contributed by atoms with Crippen molar-refractivity contribution in [3.05, 3.63) is 48.5 Å². The van der Waals surface area contributed by atoms with Crippen LogP contribution in [0.5, 0.6) is 5.75 Å². The number of nitrogens with zero attached hydrogens (tertiary/aromatic N) is 4. The molecule has 35 heavy (non-hydrogen) atoms. The topological polar surface area (TPSA) is 87.7 Å². The molecule has 12 heteroatoms. The zero-order valence-corrected chi connectivity index (χ0v) is 20.1. The standard InChI is InChI=1S/C23H26F3N5O3S/c1-30(2)21-17-7-3-4-8-18(17)28-22(29-21)31-13-11-16(12-14-31)15-27-35(32,33)20-10-6-5-9-19(20)34-23(24,25)26/h3-10,16,27H,11-15H2,1-2H3. The van der Waals surface area contributed by atoms with Gasteiger partial charge in [-0.15, -0.1) is 13.2 Å². The zero-order chi connectivity index (χ0) is 25.2. The van der Waals surface area contributed by atoms with E-state index in [1.807, 2.05) is 43.3 Å². The number of hydrogen-bond acceptors (Lipinski definition) is 7. The van der Waals surface area contributed by atoms with Crippen molar-refractivity contribution in [1.29, 1.82) is 0 Å². The van der Waals surface area contributed by atoms with E-state index in [0.717, 1.165) is 28.9 Å². The van der Waals surface area contributed by atoms with Crippen molar-refractivity contribution >= 4 is 32.7 Å². The molecule has 1 aliphatic rings. The molecule has 0 bridgehead atoms. The van der Waals surface area contributed by atoms with Crippen LogP contribution in [0, 0.1) is 5.92 Å². The number of hydrogen-bond donors (Lipinski definition) is 1. The first kappa shape index (κ1) is 25.0. The number of para-hydroxylation sites is 2. The van der Waals surface area contributed by atoms with Crippen LogP contribution >= 0.6 is 0 Å². The van der Waals surface area contributed by atoms with Gasteiger partial charge in [-0.25, -0.2) is 18.1 Å². The summed E-state index contributed by atoms with van der Waals surface area (Å²) < 4.78 is 69.7. The van der Waals surface area contributed by atoms with Gasteiger partial charge in [0.1, 0.15) is 16.5 Å². The van der Waals surface area contributed by atoms with Gasteiger partial charge in [-0.1, -0.05) is 24.3 Å². The van der Waals surface area contributed by atoms with E-state index < -0.39 is 27.0 Å². The van der Waals surface area contributed by atoms with Crippen molar-refractivity contribution < 1.29 is 26.3 Å². The van der Waals surface area contributed by atoms with E-state index in [2.05, 4.69) is 14.4 Å². The molecule has 1 aliphatic heterocycles. The molecule has 1 fully saturated rings. The molecule has 0 spiro atoms. The van der Waals surface area contributed by atoms with Crippen LogP contribution in [-0.4, -0.2) is 58.5 Å². The second kappa shape index (κ2) is 9.86. The predicted octanol–water partition coefficient (Wildman–Crippen LogP) is 3.79. The van der Waals surface area contributed by atoms with Crippen LogP contribution in [-0.2, 0) is 10.0 Å². The Balaban J connectivity index is 1.41. The molecule has 0 amide bonds. The number of nitrogens with one attached hydrogen (secondary N) is 1. The number of anilines is 2. The highest BCUT2D eigenvalue weighted by atomic mass is 32.2. The molecule has 1 aromatic heterocycles. The van der Waals surface area contributed by atoms with E-state index in [1.165, 1.54) is 12.1 Å². The van der Waals surface area contributed by atoms with Gasteiger partial charge in [-0.2, -0.15) is 4.98 Å². The van der Waals surface area contributed by atoms with E-state index in [9.17, 15) is 21.6 Å². The van der Waals surface area contributed by atoms with Gasteiger partial charge >= 0.3 is 6.36 Å². The number of aromatic nitrogens is 2. The fourth-order valence-corrected chi connectivity index (χ4v) is 5.30. The Kier molecular flexibility index (Phi) is 7.04. The third-order valence-corrected chi connectivity index (χ3v) is 7.28. The second-order valence-electron chi connectivity index (χ2n) is 8.54. The van der Waals surface area contributed by atoms with Crippen molar-refractivity contribution in [2.75, 3.05) is 43.5 Å². The second-order valence-corrected chi connectivity index (χ2v) is 10.3. The highest BCUT2D eigenvalue weighted by Crippen LogP contribution is 2.30. The molecule has 0 unspecified atom stereocenters. The molecule has 4 rings (SSSR count). The number of halogens is 3. The van der Waals surface area contributed by atoms with Gasteiger partial charge < -0.3 is 14.5 Å². The smallest absolute Gasteiger partial charge is 0.404 e. The first-order valence-corrected chi connectivity index (χ1v) is 12.6. The van der Waals surface area contributed by atoms with Crippen LogP contribution in [0.4, 0.5) is 24.9 Å². The predicted molar refractivity (Wildman–Crippen MR) is 127 cm³/mol. The minimum atomic E-state index is -4.99. The van der Waals surface area contributed by atoms with Crippen LogP contribution < -0.4 is 19.3 Å². The van der Waals surface area contributed by atoms with Crippen molar-refractivity contribution in [2.24, 2.45) is 5.92 Å². The van der Waals surface area contributed by atoms with Gasteiger partial charge in [0.2, 0.25) is 16.0 Å². The fraction of sp³-hybridized carbons (Fsp3) is 0.391. The molecule has 1 N–H and O–H groups in total. The van der Waals surface area contributed by atoms with E-state index in [4.69, 9.17) is 9.97 Å². The number of benzene rings is 2. The molecule has 1 saturated heterocycles. The van der Waals surface area contributed by atoms with Gasteiger partial charge in [0.05, 0.1) is 5.52 Å². The van der Waals surface area contributed by atoms with Gasteiger partial charge in [-0.3, -0.25) is 0 Å². The zero-order valence-electron chi connectivity index (χ0n) is 19.3. The van der Waals surface area contributed by atoms with E-state index >= 15 is 0 Å². The first-order chi connectivity index (χ1) is 16.5. The van der Waals surface area contributed by atoms with Gasteiger partial charge in [-0.05, 0) is 43.0 Å². The SMILES string of the molecule is CN(C)c1nc(N2CCC(CNS(=O)(=O)c3ccccc3OC(F)(F)F)CC2)nc2ccccc12. The average Bonchev–Trinajstić information content (AvgIpc) is 2.81. The van der Waals surface area contributed by atoms with Crippen molar-refractivity contribution in [2.45, 2.75) is 24.1 Å². The van der Waals surface area contributed by atoms with E-state index in [-0.39, 0.29) is 12.5 Å². The van der Waals surface area contributed by atoms with E-state index in [1.54, 1.807) is 0 Å². The quantitative estimate of drug-likeness (QED) is 0.519. The highest BCUT2D eigenvalue weighted by Gasteiger charge is 2.34. The number of sulfonamides is 1. The normalized spacial score (nSPS) is 15.4. The monoisotopic (exact) mass is 509 g/mol. The summed E-state index contributed by atoms with van der Waals surface area (Å²) in [6.07, 6.45) is -3.64. The highest BCUT2D eigenvalue weighted by molar-refractivity contribution is 7.89. The van der Waals surface area contributed by atoms with Crippen LogP contribution in [0.3, 0.4) is 0 Å². The summed E-state index contributed by atoms with van der Waals surface area (Å²) in [5.41, 5.74) is 0.843. The Hall–Kier alpha value is -3.12. The Morgan fingerprint density at radius 1 is 1.06 bits per heavy atom. The van der Waals surface area contributed by atoms with Crippen molar-refractivity contribution in [1.82, 2.24) is 14.7 Å². The lowest BCUT2D eigenvalue weighted by atomic mass is 9.97. The Labute approximate surface area is 201 Å². The molecule has 2 heterocycles. The number of piperidine rings is 1. The number of rotatable bonds is 7. The third-order valence-electron chi connectivity index (χ3n) is 5.82. The molecule has 3 aromatic rings. The Bertz CT molecular complexity index is 1290. The molecule has 0 radical (unpaired) electrons. The third kappa shape index (κ3) is 5.93. The molecule has 0 atom stereocenters. The van der Waals surface area contributed by atoms with Crippen molar-refractivity contribution in [3.63, 3.8) is 0 Å². The number of alkyl halides is 3. The molecule has 188 valence electrons. The average molecular weight is 510 g/mol. The minimum absolute atomic E-state index is 0.0190. The van der Waals surface area contributed by atoms with Crippen LogP contribution in [0.1, 0.15) is 12.8 Å². The lowest BCUT2D eigenvalue weighted by Gasteiger charge is -2.32. The summed E-state index contributed by atoms with van der Waals surface area (Å²) in [5, 5.41) is 0.959. The lowest BCUT2D eigenvalue weighted by Crippen LogP contribution is -2.39. The van der Waals surface area contributed by atoms with Gasteiger partial charge in [0, 0.05) is 39.1 Å². The summed E-state index contributed by atoms with van der Waals surface area (Å²) in [7, 11) is -0.336. The molecule has 0 aliphatic carbocycles. The van der Waals surface area contributed by atoms with Crippen LogP contribution in [0.15, 0.2) is 53.4 Å². The molecule has 8 nitrogen and oxygen atoms in total. The maximum absolute atomic E-state index is 12.7. The molecular weight excluding hydrogens is 483 g/mol. The summed E-state index contributed by atoms with van der Waals surface area (Å²) in [4.78, 5) is 12.9. The Morgan fingerprint density at radius 3 is 2.40 bits per heavy atom. The summed E-state index contributed by atoms with van der Waals surface area (Å²) in [6, 6.07) is 12.5. The van der Waals surface area contributed by atoms with Gasteiger partial charge in [0.15, 0.2) is 0 Å². The number of fused-ring (bicyclic) bond motifs is 1. The molecular formula is C23H26F3N5O3S. The summed E-state index contributed by atoms with van der Waals surface area (Å²) >= 11 is 0. The van der Waals surface area contributed by atoms with Crippen LogP contribution in [0.25, 0.3) is 10.9 Å². The van der Waals surface area contributed by atoms with Gasteiger partial charge in [0.25, 0.3) is 0 Å². The maximum atomic E-state index is 12.7. The maximum Gasteiger partial charge on any atom is 0.573 e. The van der Waals surface area contributed by atoms with Crippen LogP contribution in [0.2, 0.25) is 0 Å². The molecule has 2 aromatic carbocycles. The first-order valence-electron chi connectivity index (χ1n) is 11.1. The number of ether oxygens (including phenoxy) is 1. The largest absolute Gasteiger partial charge is 0.573 e. The molecule has 0 saturated carbocycles. The fourth-order valence-electron chi connectivity index (χ4n) is 4.05. The summed E-state index contributed by atoms with van der Waals surface area (Å²) in [6.45, 7) is 1.37. The minimum Gasteiger partial charge on any atom is -0.404 e. The lowest BCUT2D eigenvalue weighted by molar-refractivity contribution is -0.275.